The molecule has 5 heteroatoms. The molecule has 3 aromatic carbocycles. The van der Waals surface area contributed by atoms with Crippen LogP contribution in [0.2, 0.25) is 5.02 Å². The van der Waals surface area contributed by atoms with Crippen molar-refractivity contribution >= 4 is 28.3 Å². The lowest BCUT2D eigenvalue weighted by Gasteiger charge is -2.25. The smallest absolute Gasteiger partial charge is 0.140 e. The molecule has 0 bridgehead atoms. The van der Waals surface area contributed by atoms with E-state index in [2.05, 4.69) is 45.2 Å². The van der Waals surface area contributed by atoms with Crippen molar-refractivity contribution in [2.45, 2.75) is 13.5 Å². The second-order valence-electron chi connectivity index (χ2n) is 6.88. The van der Waals surface area contributed by atoms with E-state index in [0.29, 0.717) is 18.2 Å². The Morgan fingerprint density at radius 1 is 0.931 bits per heavy atom. The minimum Gasteiger partial charge on any atom is -0.491 e. The summed E-state index contributed by atoms with van der Waals surface area (Å²) < 4.78 is 6.05. The molecule has 0 N–H and O–H groups in total. The zero-order valence-corrected chi connectivity index (χ0v) is 17.0. The molecule has 0 atom stereocenters. The first kappa shape index (κ1) is 19.2. The van der Waals surface area contributed by atoms with E-state index in [1.165, 1.54) is 5.56 Å². The normalized spacial score (nSPS) is 10.8. The highest BCUT2D eigenvalue weighted by Crippen LogP contribution is 2.25. The molecule has 1 aromatic heterocycles. The van der Waals surface area contributed by atoms with Crippen molar-refractivity contribution < 1.29 is 4.74 Å². The van der Waals surface area contributed by atoms with E-state index in [4.69, 9.17) is 16.3 Å². The van der Waals surface area contributed by atoms with E-state index in [9.17, 15) is 0 Å². The quantitative estimate of drug-likeness (QED) is 0.398. The first-order chi connectivity index (χ1) is 14.2. The standard InChI is InChI=1S/C24H22ClN3O/c1-18-15-20(25)11-12-23(18)29-14-13-28(16-19-7-3-2-4-8-19)24-21-9-5-6-10-22(21)26-17-27-24/h2-12,15,17H,13-14,16H2,1H3. The summed E-state index contributed by atoms with van der Waals surface area (Å²) in [7, 11) is 0. The molecular formula is C24H22ClN3O. The van der Waals surface area contributed by atoms with Gasteiger partial charge in [0.1, 0.15) is 24.5 Å². The minimum absolute atomic E-state index is 0.535. The molecule has 146 valence electrons. The molecule has 0 aliphatic carbocycles. The largest absolute Gasteiger partial charge is 0.491 e. The lowest BCUT2D eigenvalue weighted by molar-refractivity contribution is 0.321. The molecule has 0 fully saturated rings. The lowest BCUT2D eigenvalue weighted by Crippen LogP contribution is -2.29. The van der Waals surface area contributed by atoms with Gasteiger partial charge in [-0.2, -0.15) is 0 Å². The third-order valence-corrected chi connectivity index (χ3v) is 5.03. The van der Waals surface area contributed by atoms with Gasteiger partial charge in [0.15, 0.2) is 0 Å². The van der Waals surface area contributed by atoms with Gasteiger partial charge >= 0.3 is 0 Å². The number of aromatic nitrogens is 2. The van der Waals surface area contributed by atoms with Crippen molar-refractivity contribution in [3.63, 3.8) is 0 Å². The van der Waals surface area contributed by atoms with Crippen LogP contribution in [0.4, 0.5) is 5.82 Å². The number of benzene rings is 3. The van der Waals surface area contributed by atoms with Gasteiger partial charge in [0.2, 0.25) is 0 Å². The van der Waals surface area contributed by atoms with Gasteiger partial charge < -0.3 is 9.64 Å². The van der Waals surface area contributed by atoms with Gasteiger partial charge in [-0.05, 0) is 48.4 Å². The third kappa shape index (κ3) is 4.66. The van der Waals surface area contributed by atoms with E-state index in [1.54, 1.807) is 6.33 Å². The van der Waals surface area contributed by atoms with Crippen LogP contribution in [0.5, 0.6) is 5.75 Å². The van der Waals surface area contributed by atoms with Crippen LogP contribution in [-0.4, -0.2) is 23.1 Å². The summed E-state index contributed by atoms with van der Waals surface area (Å²) in [6, 6.07) is 24.2. The molecule has 1 heterocycles. The summed E-state index contributed by atoms with van der Waals surface area (Å²) in [6.07, 6.45) is 1.62. The number of rotatable bonds is 7. The predicted molar refractivity (Wildman–Crippen MR) is 119 cm³/mol. The van der Waals surface area contributed by atoms with Crippen molar-refractivity contribution in [3.05, 3.63) is 95.3 Å². The van der Waals surface area contributed by atoms with Gasteiger partial charge in [-0.3, -0.25) is 0 Å². The zero-order chi connectivity index (χ0) is 20.1. The van der Waals surface area contributed by atoms with Crippen LogP contribution in [0.15, 0.2) is 79.1 Å². The highest BCUT2D eigenvalue weighted by molar-refractivity contribution is 6.30. The summed E-state index contributed by atoms with van der Waals surface area (Å²) in [5.41, 5.74) is 3.18. The molecule has 4 nitrogen and oxygen atoms in total. The number of nitrogens with zero attached hydrogens (tertiary/aromatic N) is 3. The molecule has 4 rings (SSSR count). The molecule has 0 saturated heterocycles. The van der Waals surface area contributed by atoms with Crippen molar-refractivity contribution in [3.8, 4) is 5.75 Å². The Labute approximate surface area is 175 Å². The summed E-state index contributed by atoms with van der Waals surface area (Å²) in [6.45, 7) is 3.97. The van der Waals surface area contributed by atoms with Crippen LogP contribution in [-0.2, 0) is 6.54 Å². The van der Waals surface area contributed by atoms with Gasteiger partial charge in [0, 0.05) is 17.0 Å². The number of fused-ring (bicyclic) bond motifs is 1. The first-order valence-corrected chi connectivity index (χ1v) is 9.96. The fourth-order valence-electron chi connectivity index (χ4n) is 3.35. The second-order valence-corrected chi connectivity index (χ2v) is 7.32. The molecule has 0 saturated carbocycles. The van der Waals surface area contributed by atoms with Crippen LogP contribution < -0.4 is 9.64 Å². The van der Waals surface area contributed by atoms with E-state index in [0.717, 1.165) is 34.6 Å². The SMILES string of the molecule is Cc1cc(Cl)ccc1OCCN(Cc1ccccc1)c1ncnc2ccccc12. The molecule has 0 spiro atoms. The molecule has 29 heavy (non-hydrogen) atoms. The molecule has 4 aromatic rings. The highest BCUT2D eigenvalue weighted by atomic mass is 35.5. The monoisotopic (exact) mass is 403 g/mol. The Hall–Kier alpha value is -3.11. The van der Waals surface area contributed by atoms with Crippen LogP contribution in [0.25, 0.3) is 10.9 Å². The Morgan fingerprint density at radius 2 is 1.72 bits per heavy atom. The number of para-hydroxylation sites is 1. The molecule has 0 aliphatic rings. The number of halogens is 1. The zero-order valence-electron chi connectivity index (χ0n) is 16.3. The van der Waals surface area contributed by atoms with Crippen LogP contribution in [0, 0.1) is 6.92 Å². The average molecular weight is 404 g/mol. The van der Waals surface area contributed by atoms with Gasteiger partial charge in [-0.15, -0.1) is 0 Å². The number of ether oxygens (including phenoxy) is 1. The summed E-state index contributed by atoms with van der Waals surface area (Å²) in [5, 5.41) is 1.75. The first-order valence-electron chi connectivity index (χ1n) is 9.58. The fraction of sp³-hybridized carbons (Fsp3) is 0.167. The Bertz CT molecular complexity index is 1100. The van der Waals surface area contributed by atoms with Crippen molar-refractivity contribution in [2.75, 3.05) is 18.1 Å². The second kappa shape index (κ2) is 8.93. The maximum Gasteiger partial charge on any atom is 0.140 e. The van der Waals surface area contributed by atoms with Gasteiger partial charge in [-0.1, -0.05) is 54.1 Å². The fourth-order valence-corrected chi connectivity index (χ4v) is 3.57. The predicted octanol–water partition coefficient (Wildman–Crippen LogP) is 5.68. The van der Waals surface area contributed by atoms with E-state index in [-0.39, 0.29) is 0 Å². The summed E-state index contributed by atoms with van der Waals surface area (Å²) >= 11 is 6.05. The van der Waals surface area contributed by atoms with Gasteiger partial charge in [0.05, 0.1) is 12.1 Å². The molecule has 0 unspecified atom stereocenters. The number of hydrogen-bond donors (Lipinski definition) is 0. The Morgan fingerprint density at radius 3 is 2.55 bits per heavy atom. The van der Waals surface area contributed by atoms with Crippen molar-refractivity contribution in [1.29, 1.82) is 0 Å². The van der Waals surface area contributed by atoms with E-state index in [1.807, 2.05) is 49.4 Å². The number of aryl methyl sites for hydroxylation is 1. The van der Waals surface area contributed by atoms with E-state index < -0.39 is 0 Å². The minimum atomic E-state index is 0.535. The van der Waals surface area contributed by atoms with Crippen molar-refractivity contribution in [2.24, 2.45) is 0 Å². The topological polar surface area (TPSA) is 38.2 Å². The molecular weight excluding hydrogens is 382 g/mol. The van der Waals surface area contributed by atoms with Crippen LogP contribution in [0.3, 0.4) is 0 Å². The third-order valence-electron chi connectivity index (χ3n) is 4.79. The number of hydrogen-bond acceptors (Lipinski definition) is 4. The van der Waals surface area contributed by atoms with Gasteiger partial charge in [0.25, 0.3) is 0 Å². The summed E-state index contributed by atoms with van der Waals surface area (Å²) in [5.74, 6) is 1.76. The summed E-state index contributed by atoms with van der Waals surface area (Å²) in [4.78, 5) is 11.2. The van der Waals surface area contributed by atoms with Crippen LogP contribution in [0.1, 0.15) is 11.1 Å². The highest BCUT2D eigenvalue weighted by Gasteiger charge is 2.13. The van der Waals surface area contributed by atoms with Crippen molar-refractivity contribution in [1.82, 2.24) is 9.97 Å². The lowest BCUT2D eigenvalue weighted by atomic mass is 10.2. The maximum absolute atomic E-state index is 6.05. The average Bonchev–Trinajstić information content (AvgIpc) is 2.75. The molecule has 0 radical (unpaired) electrons. The molecule has 0 amide bonds. The van der Waals surface area contributed by atoms with Gasteiger partial charge in [-0.25, -0.2) is 9.97 Å². The maximum atomic E-state index is 6.05. The number of anilines is 1. The Balaban J connectivity index is 1.58. The molecule has 0 aliphatic heterocycles. The van der Waals surface area contributed by atoms with Crippen LogP contribution >= 0.6 is 11.6 Å². The van der Waals surface area contributed by atoms with E-state index >= 15 is 0 Å². The Kier molecular flexibility index (Phi) is 5.92.